The Balaban J connectivity index is 3.12. The molecule has 0 unspecified atom stereocenters. The van der Waals surface area contributed by atoms with Crippen LogP contribution in [0, 0.1) is 0 Å². The summed E-state index contributed by atoms with van der Waals surface area (Å²) in [6.45, 7) is 0. The van der Waals surface area contributed by atoms with Crippen molar-refractivity contribution in [1.29, 1.82) is 0 Å². The number of aromatic nitrogens is 2. The molecular formula is C2Cl2N2S. The van der Waals surface area contributed by atoms with Crippen LogP contribution in [0.3, 0.4) is 0 Å². The van der Waals surface area contributed by atoms with E-state index in [-0.39, 0.29) is 5.15 Å². The van der Waals surface area contributed by atoms with Crippen molar-refractivity contribution in [1.82, 2.24) is 9.59 Å². The molecule has 38 valence electrons. The molecule has 0 aliphatic carbocycles. The molecule has 7 heavy (non-hydrogen) atoms. The predicted octanol–water partition coefficient (Wildman–Crippen LogP) is 1.84. The third-order valence-electron chi connectivity index (χ3n) is 0.412. The van der Waals surface area contributed by atoms with Crippen LogP contribution >= 0.6 is 34.7 Å². The van der Waals surface area contributed by atoms with Crippen LogP contribution < -0.4 is 0 Å². The van der Waals surface area contributed by atoms with Crippen LogP contribution in [0.2, 0.25) is 9.49 Å². The van der Waals surface area contributed by atoms with E-state index in [0.29, 0.717) is 4.34 Å². The van der Waals surface area contributed by atoms with Crippen LogP contribution in [0.5, 0.6) is 0 Å². The van der Waals surface area contributed by atoms with Crippen molar-refractivity contribution in [2.24, 2.45) is 0 Å². The molecule has 1 heterocycles. The Hall–Kier alpha value is 0.140. The van der Waals surface area contributed by atoms with Crippen molar-refractivity contribution >= 4 is 34.7 Å². The highest BCUT2D eigenvalue weighted by atomic mass is 35.5. The lowest BCUT2D eigenvalue weighted by Gasteiger charge is -1.68. The highest BCUT2D eigenvalue weighted by molar-refractivity contribution is 7.11. The minimum absolute atomic E-state index is 0.284. The summed E-state index contributed by atoms with van der Waals surface area (Å²) >= 11 is 11.8. The minimum Gasteiger partial charge on any atom is -0.124 e. The van der Waals surface area contributed by atoms with Gasteiger partial charge in [0.2, 0.25) is 0 Å². The third kappa shape index (κ3) is 1.02. The number of halogens is 2. The van der Waals surface area contributed by atoms with Gasteiger partial charge in [-0.2, -0.15) is 0 Å². The van der Waals surface area contributed by atoms with Gasteiger partial charge in [-0.25, -0.2) is 0 Å². The Morgan fingerprint density at radius 1 is 1.43 bits per heavy atom. The molecule has 0 radical (unpaired) electrons. The lowest BCUT2D eigenvalue weighted by atomic mass is 11.0. The molecule has 0 spiro atoms. The van der Waals surface area contributed by atoms with E-state index in [1.165, 1.54) is 0 Å². The maximum Gasteiger partial charge on any atom is 0.182 e. The van der Waals surface area contributed by atoms with Gasteiger partial charge in [-0.05, 0) is 0 Å². The van der Waals surface area contributed by atoms with Crippen molar-refractivity contribution in [3.05, 3.63) is 9.49 Å². The zero-order chi connectivity index (χ0) is 5.28. The van der Waals surface area contributed by atoms with Gasteiger partial charge in [0, 0.05) is 11.5 Å². The molecule has 0 aliphatic rings. The quantitative estimate of drug-likeness (QED) is 0.571. The summed E-state index contributed by atoms with van der Waals surface area (Å²) < 4.78 is 3.90. The average Bonchev–Trinajstić information content (AvgIpc) is 1.91. The summed E-state index contributed by atoms with van der Waals surface area (Å²) in [5.41, 5.74) is 0. The Bertz CT molecular complexity index is 146. The van der Waals surface area contributed by atoms with Crippen molar-refractivity contribution in [3.8, 4) is 0 Å². The maximum absolute atomic E-state index is 5.39. The fourth-order valence-corrected chi connectivity index (χ4v) is 0.796. The summed E-state index contributed by atoms with van der Waals surface area (Å²) in [6.07, 6.45) is 0. The maximum atomic E-state index is 5.39. The first-order valence-electron chi connectivity index (χ1n) is 1.44. The van der Waals surface area contributed by atoms with Crippen LogP contribution in [0.1, 0.15) is 0 Å². The number of nitrogens with zero attached hydrogens (tertiary/aromatic N) is 2. The first-order chi connectivity index (χ1) is 3.30. The second-order valence-corrected chi connectivity index (χ2v) is 2.55. The SMILES string of the molecule is Clc1nnsc1Cl. The topological polar surface area (TPSA) is 25.8 Å². The van der Waals surface area contributed by atoms with E-state index in [1.54, 1.807) is 0 Å². The zero-order valence-corrected chi connectivity index (χ0v) is 5.39. The molecule has 0 aromatic carbocycles. The van der Waals surface area contributed by atoms with Gasteiger partial charge in [0.15, 0.2) is 9.49 Å². The molecule has 5 heteroatoms. The molecule has 0 aliphatic heterocycles. The van der Waals surface area contributed by atoms with Crippen LogP contribution in [0.25, 0.3) is 0 Å². The smallest absolute Gasteiger partial charge is 0.124 e. The van der Waals surface area contributed by atoms with Gasteiger partial charge < -0.3 is 0 Å². The number of hydrogen-bond donors (Lipinski definition) is 0. The molecular weight excluding hydrogens is 155 g/mol. The minimum atomic E-state index is 0.284. The molecule has 1 aromatic rings. The molecule has 0 bridgehead atoms. The fourth-order valence-electron chi connectivity index (χ4n) is 0.169. The summed E-state index contributed by atoms with van der Waals surface area (Å²) in [7, 11) is 0. The van der Waals surface area contributed by atoms with E-state index in [4.69, 9.17) is 23.2 Å². The van der Waals surface area contributed by atoms with E-state index >= 15 is 0 Å². The summed E-state index contributed by atoms with van der Waals surface area (Å²) in [6, 6.07) is 0. The third-order valence-corrected chi connectivity index (χ3v) is 1.79. The molecule has 0 amide bonds. The van der Waals surface area contributed by atoms with E-state index in [2.05, 4.69) is 9.59 Å². The summed E-state index contributed by atoms with van der Waals surface area (Å²) in [4.78, 5) is 0. The first kappa shape index (κ1) is 5.28. The number of rotatable bonds is 0. The van der Waals surface area contributed by atoms with E-state index in [9.17, 15) is 0 Å². The lowest BCUT2D eigenvalue weighted by Crippen LogP contribution is -1.59. The van der Waals surface area contributed by atoms with Gasteiger partial charge in [-0.3, -0.25) is 0 Å². The van der Waals surface area contributed by atoms with Crippen LogP contribution in [0.15, 0.2) is 0 Å². The van der Waals surface area contributed by atoms with Crippen molar-refractivity contribution in [3.63, 3.8) is 0 Å². The van der Waals surface area contributed by atoms with E-state index < -0.39 is 0 Å². The van der Waals surface area contributed by atoms with Gasteiger partial charge in [0.25, 0.3) is 0 Å². The molecule has 0 saturated carbocycles. The first-order valence-corrected chi connectivity index (χ1v) is 2.97. The largest absolute Gasteiger partial charge is 0.182 e. The monoisotopic (exact) mass is 154 g/mol. The van der Waals surface area contributed by atoms with E-state index in [1.807, 2.05) is 0 Å². The van der Waals surface area contributed by atoms with Gasteiger partial charge in [-0.1, -0.05) is 27.7 Å². The van der Waals surface area contributed by atoms with E-state index in [0.717, 1.165) is 11.5 Å². The van der Waals surface area contributed by atoms with Crippen LogP contribution in [0.4, 0.5) is 0 Å². The van der Waals surface area contributed by atoms with Crippen molar-refractivity contribution in [2.45, 2.75) is 0 Å². The Kier molecular flexibility index (Phi) is 1.46. The molecule has 0 saturated heterocycles. The molecule has 0 N–H and O–H groups in total. The highest BCUT2D eigenvalue weighted by Gasteiger charge is 1.97. The van der Waals surface area contributed by atoms with Gasteiger partial charge >= 0.3 is 0 Å². The highest BCUT2D eigenvalue weighted by Crippen LogP contribution is 2.20. The van der Waals surface area contributed by atoms with Gasteiger partial charge in [-0.15, -0.1) is 5.10 Å². The van der Waals surface area contributed by atoms with Crippen molar-refractivity contribution in [2.75, 3.05) is 0 Å². The van der Waals surface area contributed by atoms with Crippen LogP contribution in [-0.2, 0) is 0 Å². The van der Waals surface area contributed by atoms with Crippen molar-refractivity contribution < 1.29 is 0 Å². The lowest BCUT2D eigenvalue weighted by molar-refractivity contribution is 1.16. The standard InChI is InChI=1S/C2Cl2N2S/c3-1-2(4)7-6-5-1. The molecule has 2 nitrogen and oxygen atoms in total. The Morgan fingerprint density at radius 3 is 2.29 bits per heavy atom. The Morgan fingerprint density at radius 2 is 2.14 bits per heavy atom. The second kappa shape index (κ2) is 1.94. The predicted molar refractivity (Wildman–Crippen MR) is 29.9 cm³/mol. The molecule has 1 rings (SSSR count). The second-order valence-electron chi connectivity index (χ2n) is 0.837. The average molecular weight is 155 g/mol. The fraction of sp³-hybridized carbons (Fsp3) is 0. The zero-order valence-electron chi connectivity index (χ0n) is 3.06. The normalized spacial score (nSPS) is 9.43. The number of hydrogen-bond acceptors (Lipinski definition) is 3. The van der Waals surface area contributed by atoms with Crippen LogP contribution in [-0.4, -0.2) is 9.59 Å². The van der Waals surface area contributed by atoms with Gasteiger partial charge in [0.1, 0.15) is 0 Å². The Labute approximate surface area is 54.2 Å². The molecule has 0 fully saturated rings. The van der Waals surface area contributed by atoms with Gasteiger partial charge in [0.05, 0.1) is 0 Å². The molecule has 1 aromatic heterocycles. The summed E-state index contributed by atoms with van der Waals surface area (Å²) in [5.74, 6) is 0. The summed E-state index contributed by atoms with van der Waals surface area (Å²) in [5, 5.41) is 3.70. The molecule has 0 atom stereocenters.